The molecule has 7 heteroatoms. The SMILES string of the molecule is C=CCc1cc(/C=C(/C#N)C(=O)Nc2cccc(Br)c2)ccc1OCc1ccc2c(c1)OCO2. The molecular weight excluding hydrogens is 496 g/mol. The first-order valence-corrected chi connectivity index (χ1v) is 11.3. The number of ether oxygens (including phenoxy) is 3. The summed E-state index contributed by atoms with van der Waals surface area (Å²) in [6.45, 7) is 4.40. The van der Waals surface area contributed by atoms with Gasteiger partial charge < -0.3 is 19.5 Å². The van der Waals surface area contributed by atoms with Crippen molar-refractivity contribution in [2.75, 3.05) is 12.1 Å². The highest BCUT2D eigenvalue weighted by molar-refractivity contribution is 9.10. The Balaban J connectivity index is 1.50. The number of rotatable bonds is 8. The average molecular weight is 517 g/mol. The van der Waals surface area contributed by atoms with Crippen molar-refractivity contribution in [3.63, 3.8) is 0 Å². The molecule has 0 bridgehead atoms. The van der Waals surface area contributed by atoms with E-state index in [1.165, 1.54) is 0 Å². The van der Waals surface area contributed by atoms with Crippen LogP contribution in [-0.4, -0.2) is 12.7 Å². The molecule has 6 nitrogen and oxygen atoms in total. The zero-order valence-electron chi connectivity index (χ0n) is 18.2. The van der Waals surface area contributed by atoms with E-state index in [2.05, 4.69) is 27.8 Å². The number of amides is 1. The molecule has 1 amide bonds. The predicted octanol–water partition coefficient (Wildman–Crippen LogP) is 6.03. The maximum Gasteiger partial charge on any atom is 0.266 e. The van der Waals surface area contributed by atoms with Crippen LogP contribution in [0.3, 0.4) is 0 Å². The van der Waals surface area contributed by atoms with Gasteiger partial charge in [0.15, 0.2) is 11.5 Å². The molecule has 1 aliphatic heterocycles. The maximum atomic E-state index is 12.6. The van der Waals surface area contributed by atoms with E-state index in [1.807, 2.05) is 48.5 Å². The predicted molar refractivity (Wildman–Crippen MR) is 134 cm³/mol. The van der Waals surface area contributed by atoms with E-state index < -0.39 is 5.91 Å². The molecule has 0 spiro atoms. The van der Waals surface area contributed by atoms with E-state index in [9.17, 15) is 10.1 Å². The highest BCUT2D eigenvalue weighted by atomic mass is 79.9. The van der Waals surface area contributed by atoms with Gasteiger partial charge in [-0.1, -0.05) is 40.2 Å². The Labute approximate surface area is 206 Å². The molecule has 3 aromatic rings. The summed E-state index contributed by atoms with van der Waals surface area (Å²) in [5, 5.41) is 12.3. The third kappa shape index (κ3) is 5.66. The summed E-state index contributed by atoms with van der Waals surface area (Å²) in [4.78, 5) is 12.6. The van der Waals surface area contributed by atoms with Crippen molar-refractivity contribution in [3.05, 3.63) is 100 Å². The molecular formula is C27H21BrN2O4. The van der Waals surface area contributed by atoms with Crippen LogP contribution in [0.15, 0.2) is 83.4 Å². The van der Waals surface area contributed by atoms with E-state index in [4.69, 9.17) is 14.2 Å². The van der Waals surface area contributed by atoms with E-state index in [-0.39, 0.29) is 12.4 Å². The Bertz CT molecular complexity index is 1310. The van der Waals surface area contributed by atoms with Crippen LogP contribution >= 0.6 is 15.9 Å². The molecule has 0 fully saturated rings. The van der Waals surface area contributed by atoms with Crippen LogP contribution in [0.5, 0.6) is 17.2 Å². The van der Waals surface area contributed by atoms with Crippen molar-refractivity contribution in [1.82, 2.24) is 0 Å². The Morgan fingerprint density at radius 2 is 2.00 bits per heavy atom. The fraction of sp³-hybridized carbons (Fsp3) is 0.111. The number of hydrogen-bond donors (Lipinski definition) is 1. The summed E-state index contributed by atoms with van der Waals surface area (Å²) in [5.74, 6) is 1.66. The van der Waals surface area contributed by atoms with Gasteiger partial charge in [0, 0.05) is 10.2 Å². The van der Waals surface area contributed by atoms with Crippen molar-refractivity contribution in [2.45, 2.75) is 13.0 Å². The van der Waals surface area contributed by atoms with E-state index in [1.54, 1.807) is 30.4 Å². The number of nitrogens with zero attached hydrogens (tertiary/aromatic N) is 1. The van der Waals surface area contributed by atoms with Crippen LogP contribution in [-0.2, 0) is 17.8 Å². The number of nitriles is 1. The van der Waals surface area contributed by atoms with Crippen LogP contribution in [0, 0.1) is 11.3 Å². The van der Waals surface area contributed by atoms with Crippen LogP contribution in [0.2, 0.25) is 0 Å². The number of allylic oxidation sites excluding steroid dienone is 1. The van der Waals surface area contributed by atoms with Gasteiger partial charge in [-0.15, -0.1) is 6.58 Å². The summed E-state index contributed by atoms with van der Waals surface area (Å²) in [6, 6.07) is 20.4. The molecule has 0 saturated carbocycles. The second-order valence-electron chi connectivity index (χ2n) is 7.47. The molecule has 1 N–H and O–H groups in total. The van der Waals surface area contributed by atoms with Gasteiger partial charge >= 0.3 is 0 Å². The largest absolute Gasteiger partial charge is 0.489 e. The Hall–Kier alpha value is -4.02. The molecule has 4 rings (SSSR count). The van der Waals surface area contributed by atoms with Gasteiger partial charge in [0.25, 0.3) is 5.91 Å². The monoisotopic (exact) mass is 516 g/mol. The topological polar surface area (TPSA) is 80.6 Å². The number of fused-ring (bicyclic) bond motifs is 1. The second kappa shape index (κ2) is 10.7. The highest BCUT2D eigenvalue weighted by Gasteiger charge is 2.14. The molecule has 0 aromatic heterocycles. The number of carbonyl (C=O) groups excluding carboxylic acids is 1. The summed E-state index contributed by atoms with van der Waals surface area (Å²) < 4.78 is 17.6. The Morgan fingerprint density at radius 3 is 2.79 bits per heavy atom. The summed E-state index contributed by atoms with van der Waals surface area (Å²) in [6.07, 6.45) is 3.91. The zero-order valence-corrected chi connectivity index (χ0v) is 19.8. The first-order chi connectivity index (χ1) is 16.6. The van der Waals surface area contributed by atoms with Crippen LogP contribution < -0.4 is 19.5 Å². The lowest BCUT2D eigenvalue weighted by Crippen LogP contribution is -2.13. The maximum absolute atomic E-state index is 12.6. The summed E-state index contributed by atoms with van der Waals surface area (Å²) >= 11 is 3.37. The number of hydrogen-bond acceptors (Lipinski definition) is 5. The minimum absolute atomic E-state index is 0.00134. The number of carbonyl (C=O) groups is 1. The number of anilines is 1. The van der Waals surface area contributed by atoms with Gasteiger partial charge in [-0.2, -0.15) is 5.26 Å². The fourth-order valence-electron chi connectivity index (χ4n) is 3.42. The average Bonchev–Trinajstić information content (AvgIpc) is 3.30. The molecule has 3 aromatic carbocycles. The second-order valence-corrected chi connectivity index (χ2v) is 8.39. The number of halogens is 1. The molecule has 1 heterocycles. The first kappa shape index (κ1) is 23.1. The van der Waals surface area contributed by atoms with E-state index in [0.29, 0.717) is 35.8 Å². The van der Waals surface area contributed by atoms with Crippen LogP contribution in [0.4, 0.5) is 5.69 Å². The van der Waals surface area contributed by atoms with Crippen molar-refractivity contribution < 1.29 is 19.0 Å². The molecule has 170 valence electrons. The van der Waals surface area contributed by atoms with E-state index >= 15 is 0 Å². The van der Waals surface area contributed by atoms with Crippen LogP contribution in [0.1, 0.15) is 16.7 Å². The lowest BCUT2D eigenvalue weighted by Gasteiger charge is -2.12. The van der Waals surface area contributed by atoms with Gasteiger partial charge in [-0.05, 0) is 71.7 Å². The smallest absolute Gasteiger partial charge is 0.266 e. The van der Waals surface area contributed by atoms with Gasteiger partial charge in [0.2, 0.25) is 6.79 Å². The highest BCUT2D eigenvalue weighted by Crippen LogP contribution is 2.33. The Morgan fingerprint density at radius 1 is 1.15 bits per heavy atom. The quantitative estimate of drug-likeness (QED) is 0.224. The summed E-state index contributed by atoms with van der Waals surface area (Å²) in [5.41, 5.74) is 3.16. The van der Waals surface area contributed by atoms with Crippen molar-refractivity contribution in [3.8, 4) is 23.3 Å². The first-order valence-electron chi connectivity index (χ1n) is 10.5. The molecule has 0 unspecified atom stereocenters. The van der Waals surface area contributed by atoms with Gasteiger partial charge in [-0.3, -0.25) is 4.79 Å². The fourth-order valence-corrected chi connectivity index (χ4v) is 3.82. The van der Waals surface area contributed by atoms with Crippen LogP contribution in [0.25, 0.3) is 6.08 Å². The molecule has 0 aliphatic carbocycles. The minimum atomic E-state index is -0.478. The van der Waals surface area contributed by atoms with Gasteiger partial charge in [-0.25, -0.2) is 0 Å². The summed E-state index contributed by atoms with van der Waals surface area (Å²) in [7, 11) is 0. The van der Waals surface area contributed by atoms with E-state index in [0.717, 1.165) is 21.3 Å². The zero-order chi connectivity index (χ0) is 23.9. The lowest BCUT2D eigenvalue weighted by atomic mass is 10.0. The third-order valence-electron chi connectivity index (χ3n) is 5.04. The minimum Gasteiger partial charge on any atom is -0.489 e. The number of benzene rings is 3. The number of nitrogens with one attached hydrogen (secondary N) is 1. The molecule has 0 radical (unpaired) electrons. The van der Waals surface area contributed by atoms with Crippen molar-refractivity contribution in [2.24, 2.45) is 0 Å². The van der Waals surface area contributed by atoms with Crippen molar-refractivity contribution in [1.29, 1.82) is 5.26 Å². The van der Waals surface area contributed by atoms with Gasteiger partial charge in [0.1, 0.15) is 24.0 Å². The molecule has 0 atom stereocenters. The van der Waals surface area contributed by atoms with Crippen molar-refractivity contribution >= 4 is 33.6 Å². The Kier molecular flexibility index (Phi) is 7.31. The standard InChI is InChI=1S/C27H21BrN2O4/c1-2-4-20-11-18(12-21(15-29)27(31)30-23-6-3-5-22(28)14-23)7-9-24(20)32-16-19-8-10-25-26(13-19)34-17-33-25/h2-3,5-14H,1,4,16-17H2,(H,30,31)/b21-12-. The molecule has 34 heavy (non-hydrogen) atoms. The molecule has 0 saturated heterocycles. The lowest BCUT2D eigenvalue weighted by molar-refractivity contribution is -0.112. The van der Waals surface area contributed by atoms with Gasteiger partial charge in [0.05, 0.1) is 0 Å². The third-order valence-corrected chi connectivity index (χ3v) is 5.53. The normalized spacial score (nSPS) is 12.1. The molecule has 1 aliphatic rings.